The van der Waals surface area contributed by atoms with E-state index < -0.39 is 0 Å². The molecule has 0 amide bonds. The van der Waals surface area contributed by atoms with E-state index in [0.717, 1.165) is 13.0 Å². The fraction of sp³-hybridized carbons (Fsp3) is 0.429. The topological polar surface area (TPSA) is 34.9 Å². The third-order valence-electron chi connectivity index (χ3n) is 1.34. The van der Waals surface area contributed by atoms with Crippen molar-refractivity contribution in [3.05, 3.63) is 27.4 Å². The Bertz CT molecular complexity index is 295. The largest absolute Gasteiger partial charge is 0.312 e. The van der Waals surface area contributed by atoms with Gasteiger partial charge in [-0.25, -0.2) is 4.98 Å². The molecule has 0 radical (unpaired) electrons. The van der Waals surface area contributed by atoms with Gasteiger partial charge in [0.2, 0.25) is 0 Å². The maximum atomic E-state index is 11.2. The summed E-state index contributed by atoms with van der Waals surface area (Å²) in [5.74, 6) is 0. The van der Waals surface area contributed by atoms with Crippen molar-refractivity contribution in [2.45, 2.75) is 19.9 Å². The Morgan fingerprint density at radius 1 is 1.73 bits per heavy atom. The summed E-state index contributed by atoms with van der Waals surface area (Å²) in [7, 11) is 0. The van der Waals surface area contributed by atoms with E-state index in [9.17, 15) is 4.79 Å². The molecule has 60 valence electrons. The van der Waals surface area contributed by atoms with Crippen molar-refractivity contribution in [1.82, 2.24) is 9.55 Å². The Morgan fingerprint density at radius 3 is 3.09 bits per heavy atom. The van der Waals surface area contributed by atoms with E-state index in [-0.39, 0.29) is 5.56 Å². The molecular formula is C7H9BrN2O. The van der Waals surface area contributed by atoms with E-state index in [4.69, 9.17) is 0 Å². The molecule has 0 aliphatic carbocycles. The number of hydrogen-bond donors (Lipinski definition) is 0. The van der Waals surface area contributed by atoms with Gasteiger partial charge >= 0.3 is 0 Å². The first-order valence-corrected chi connectivity index (χ1v) is 4.26. The summed E-state index contributed by atoms with van der Waals surface area (Å²) in [6.45, 7) is 2.78. The van der Waals surface area contributed by atoms with Crippen LogP contribution in [0.5, 0.6) is 0 Å². The van der Waals surface area contributed by atoms with Crippen LogP contribution in [0, 0.1) is 0 Å². The van der Waals surface area contributed by atoms with Gasteiger partial charge in [-0.2, -0.15) is 0 Å². The van der Waals surface area contributed by atoms with E-state index in [2.05, 4.69) is 20.9 Å². The Labute approximate surface area is 73.2 Å². The minimum atomic E-state index is -0.0608. The van der Waals surface area contributed by atoms with Crippen LogP contribution < -0.4 is 5.56 Å². The van der Waals surface area contributed by atoms with Gasteiger partial charge in [-0.05, 0) is 22.4 Å². The zero-order valence-corrected chi connectivity index (χ0v) is 7.84. The standard InChI is InChI=1S/C7H9BrN2O/c1-2-4-10-5-3-9-6(8)7(10)11/h3,5H,2,4H2,1H3. The molecule has 4 heteroatoms. The van der Waals surface area contributed by atoms with Crippen LogP contribution in [0.25, 0.3) is 0 Å². The first-order chi connectivity index (χ1) is 5.25. The predicted molar refractivity (Wildman–Crippen MR) is 46.5 cm³/mol. The summed E-state index contributed by atoms with van der Waals surface area (Å²) < 4.78 is 2.02. The second-order valence-electron chi connectivity index (χ2n) is 2.22. The highest BCUT2D eigenvalue weighted by Crippen LogP contribution is 1.95. The zero-order chi connectivity index (χ0) is 8.27. The van der Waals surface area contributed by atoms with E-state index >= 15 is 0 Å². The summed E-state index contributed by atoms with van der Waals surface area (Å²) >= 11 is 3.07. The van der Waals surface area contributed by atoms with Gasteiger partial charge < -0.3 is 4.57 Å². The monoisotopic (exact) mass is 216 g/mol. The van der Waals surface area contributed by atoms with Gasteiger partial charge in [-0.3, -0.25) is 4.79 Å². The van der Waals surface area contributed by atoms with Crippen LogP contribution in [0.15, 0.2) is 21.8 Å². The second kappa shape index (κ2) is 3.67. The molecule has 0 aliphatic rings. The number of nitrogens with zero attached hydrogens (tertiary/aromatic N) is 2. The van der Waals surface area contributed by atoms with Crippen LogP contribution in [-0.2, 0) is 6.54 Å². The average molecular weight is 217 g/mol. The van der Waals surface area contributed by atoms with Gasteiger partial charge in [0.15, 0.2) is 4.60 Å². The van der Waals surface area contributed by atoms with Crippen molar-refractivity contribution in [1.29, 1.82) is 0 Å². The number of hydrogen-bond acceptors (Lipinski definition) is 2. The molecule has 0 fully saturated rings. The predicted octanol–water partition coefficient (Wildman–Crippen LogP) is 1.42. The molecule has 0 aliphatic heterocycles. The third kappa shape index (κ3) is 1.89. The molecule has 0 aromatic carbocycles. The number of rotatable bonds is 2. The van der Waals surface area contributed by atoms with Gasteiger partial charge in [0, 0.05) is 18.9 Å². The van der Waals surface area contributed by atoms with Crippen molar-refractivity contribution in [3.63, 3.8) is 0 Å². The minimum Gasteiger partial charge on any atom is -0.312 e. The van der Waals surface area contributed by atoms with Gasteiger partial charge in [-0.15, -0.1) is 0 Å². The number of aromatic nitrogens is 2. The molecule has 1 aromatic heterocycles. The van der Waals surface area contributed by atoms with E-state index in [1.807, 2.05) is 6.92 Å². The summed E-state index contributed by atoms with van der Waals surface area (Å²) in [5, 5.41) is 0. The normalized spacial score (nSPS) is 10.0. The molecule has 0 bridgehead atoms. The lowest BCUT2D eigenvalue weighted by Gasteiger charge is -2.01. The molecule has 0 atom stereocenters. The molecule has 0 spiro atoms. The van der Waals surface area contributed by atoms with E-state index in [1.54, 1.807) is 17.0 Å². The Balaban J connectivity index is 3.07. The highest BCUT2D eigenvalue weighted by molar-refractivity contribution is 9.10. The lowest BCUT2D eigenvalue weighted by Crippen LogP contribution is -2.20. The third-order valence-corrected chi connectivity index (χ3v) is 1.88. The van der Waals surface area contributed by atoms with Crippen molar-refractivity contribution in [2.24, 2.45) is 0 Å². The first-order valence-electron chi connectivity index (χ1n) is 3.46. The zero-order valence-electron chi connectivity index (χ0n) is 6.25. The van der Waals surface area contributed by atoms with Gasteiger partial charge in [0.25, 0.3) is 5.56 Å². The van der Waals surface area contributed by atoms with Crippen molar-refractivity contribution >= 4 is 15.9 Å². The fourth-order valence-corrected chi connectivity index (χ4v) is 1.18. The van der Waals surface area contributed by atoms with Gasteiger partial charge in [0.1, 0.15) is 0 Å². The highest BCUT2D eigenvalue weighted by Gasteiger charge is 1.98. The van der Waals surface area contributed by atoms with E-state index in [1.165, 1.54) is 0 Å². The van der Waals surface area contributed by atoms with Crippen molar-refractivity contribution in [3.8, 4) is 0 Å². The number of halogens is 1. The summed E-state index contributed by atoms with van der Waals surface area (Å²) in [6.07, 6.45) is 4.26. The van der Waals surface area contributed by atoms with Crippen LogP contribution in [0.1, 0.15) is 13.3 Å². The molecule has 11 heavy (non-hydrogen) atoms. The maximum absolute atomic E-state index is 11.2. The Morgan fingerprint density at radius 2 is 2.45 bits per heavy atom. The molecule has 0 saturated carbocycles. The van der Waals surface area contributed by atoms with Crippen LogP contribution in [-0.4, -0.2) is 9.55 Å². The molecule has 0 saturated heterocycles. The molecular weight excluding hydrogens is 208 g/mol. The Kier molecular flexibility index (Phi) is 2.82. The quantitative estimate of drug-likeness (QED) is 0.750. The first kappa shape index (κ1) is 8.46. The molecule has 1 rings (SSSR count). The maximum Gasteiger partial charge on any atom is 0.283 e. The highest BCUT2D eigenvalue weighted by atomic mass is 79.9. The second-order valence-corrected chi connectivity index (χ2v) is 2.97. The van der Waals surface area contributed by atoms with Crippen LogP contribution in [0.3, 0.4) is 0 Å². The fourth-order valence-electron chi connectivity index (χ4n) is 0.838. The summed E-state index contributed by atoms with van der Waals surface area (Å²) in [6, 6.07) is 0. The van der Waals surface area contributed by atoms with Crippen LogP contribution in [0.4, 0.5) is 0 Å². The van der Waals surface area contributed by atoms with Crippen LogP contribution in [0.2, 0.25) is 0 Å². The van der Waals surface area contributed by atoms with Gasteiger partial charge in [-0.1, -0.05) is 6.92 Å². The van der Waals surface area contributed by atoms with Crippen molar-refractivity contribution < 1.29 is 0 Å². The number of aryl methyl sites for hydroxylation is 1. The average Bonchev–Trinajstić information content (AvgIpc) is 1.99. The lowest BCUT2D eigenvalue weighted by atomic mass is 10.5. The SMILES string of the molecule is CCCn1ccnc(Br)c1=O. The summed E-state index contributed by atoms with van der Waals surface area (Å²) in [4.78, 5) is 15.0. The smallest absolute Gasteiger partial charge is 0.283 e. The molecule has 0 N–H and O–H groups in total. The molecule has 0 unspecified atom stereocenters. The van der Waals surface area contributed by atoms with E-state index in [0.29, 0.717) is 4.60 Å². The molecule has 1 aromatic rings. The lowest BCUT2D eigenvalue weighted by molar-refractivity contribution is 0.644. The summed E-state index contributed by atoms with van der Waals surface area (Å²) in [5.41, 5.74) is -0.0608. The van der Waals surface area contributed by atoms with Crippen molar-refractivity contribution in [2.75, 3.05) is 0 Å². The Hall–Kier alpha value is -0.640. The van der Waals surface area contributed by atoms with Gasteiger partial charge in [0.05, 0.1) is 0 Å². The molecule has 1 heterocycles. The molecule has 3 nitrogen and oxygen atoms in total. The van der Waals surface area contributed by atoms with Crippen LogP contribution >= 0.6 is 15.9 Å². The minimum absolute atomic E-state index is 0.0608.